The summed E-state index contributed by atoms with van der Waals surface area (Å²) in [6.07, 6.45) is 14.8. The van der Waals surface area contributed by atoms with Crippen LogP contribution in [0.2, 0.25) is 0 Å². The third-order valence-electron chi connectivity index (χ3n) is 2.20. The van der Waals surface area contributed by atoms with Crippen molar-refractivity contribution in [1.82, 2.24) is 0 Å². The number of rotatable bonds is 2. The Morgan fingerprint density at radius 1 is 1.18 bits per heavy atom. The molecule has 1 saturated carbocycles. The van der Waals surface area contributed by atoms with E-state index in [-0.39, 0.29) is 0 Å². The van der Waals surface area contributed by atoms with E-state index in [1.165, 1.54) is 32.1 Å². The Hall–Kier alpha value is -0.520. The summed E-state index contributed by atoms with van der Waals surface area (Å²) in [5.74, 6) is 0. The topological polar surface area (TPSA) is 0 Å². The lowest BCUT2D eigenvalue weighted by Gasteiger charge is -2.12. The van der Waals surface area contributed by atoms with Gasteiger partial charge in [-0.25, -0.2) is 0 Å². The first-order chi connectivity index (χ1) is 5.43. The number of hydrogen-bond acceptors (Lipinski definition) is 0. The van der Waals surface area contributed by atoms with Crippen molar-refractivity contribution in [3.8, 4) is 0 Å². The van der Waals surface area contributed by atoms with Gasteiger partial charge >= 0.3 is 0 Å². The van der Waals surface area contributed by atoms with Crippen LogP contribution in [0.5, 0.6) is 0 Å². The van der Waals surface area contributed by atoms with E-state index in [9.17, 15) is 0 Å². The molecule has 0 aliphatic heterocycles. The summed E-state index contributed by atoms with van der Waals surface area (Å²) < 4.78 is 0. The Kier molecular flexibility index (Phi) is 4.03. The van der Waals surface area contributed by atoms with Gasteiger partial charge in [-0.2, -0.15) is 0 Å². The first-order valence-corrected chi connectivity index (χ1v) is 4.78. The minimum atomic E-state index is 1.16. The van der Waals surface area contributed by atoms with E-state index in [0.717, 1.165) is 6.42 Å². The lowest BCUT2D eigenvalue weighted by Crippen LogP contribution is -1.92. The van der Waals surface area contributed by atoms with Crippen LogP contribution in [0.3, 0.4) is 0 Å². The molecule has 0 spiro atoms. The van der Waals surface area contributed by atoms with E-state index in [1.54, 1.807) is 5.57 Å². The van der Waals surface area contributed by atoms with Crippen LogP contribution in [0.4, 0.5) is 0 Å². The fraction of sp³-hybridized carbons (Fsp3) is 0.636. The smallest absolute Gasteiger partial charge is 0.0317 e. The minimum Gasteiger partial charge on any atom is -0.0848 e. The molecule has 0 bridgehead atoms. The lowest BCUT2D eigenvalue weighted by molar-refractivity contribution is 0.599. The van der Waals surface area contributed by atoms with Crippen LogP contribution in [0.1, 0.15) is 45.4 Å². The van der Waals surface area contributed by atoms with Crippen molar-refractivity contribution in [2.24, 2.45) is 0 Å². The molecule has 0 aromatic carbocycles. The maximum absolute atomic E-state index is 2.31. The van der Waals surface area contributed by atoms with Gasteiger partial charge in [0.15, 0.2) is 0 Å². The molecule has 0 amide bonds. The molecule has 0 aromatic heterocycles. The van der Waals surface area contributed by atoms with E-state index >= 15 is 0 Å². The molecule has 0 saturated heterocycles. The van der Waals surface area contributed by atoms with Crippen molar-refractivity contribution in [3.63, 3.8) is 0 Å². The molecular formula is C11H18. The Labute approximate surface area is 70.0 Å². The van der Waals surface area contributed by atoms with Crippen LogP contribution in [0.15, 0.2) is 23.8 Å². The van der Waals surface area contributed by atoms with E-state index in [2.05, 4.69) is 25.2 Å². The summed E-state index contributed by atoms with van der Waals surface area (Å²) in [5.41, 5.74) is 1.65. The minimum absolute atomic E-state index is 1.16. The highest BCUT2D eigenvalue weighted by atomic mass is 14.1. The van der Waals surface area contributed by atoms with Crippen LogP contribution in [-0.2, 0) is 0 Å². The molecule has 0 unspecified atom stereocenters. The zero-order valence-electron chi connectivity index (χ0n) is 7.47. The molecular weight excluding hydrogens is 132 g/mol. The second kappa shape index (κ2) is 5.17. The van der Waals surface area contributed by atoms with Crippen LogP contribution < -0.4 is 0 Å². The predicted molar refractivity (Wildman–Crippen MR) is 50.6 cm³/mol. The average molecular weight is 150 g/mol. The van der Waals surface area contributed by atoms with Crippen LogP contribution in [-0.4, -0.2) is 0 Å². The normalized spacial score (nSPS) is 19.2. The summed E-state index contributed by atoms with van der Waals surface area (Å²) in [7, 11) is 0. The van der Waals surface area contributed by atoms with E-state index in [4.69, 9.17) is 0 Å². The Morgan fingerprint density at radius 3 is 2.55 bits per heavy atom. The molecule has 0 nitrogen and oxygen atoms in total. The quantitative estimate of drug-likeness (QED) is 0.561. The number of hydrogen-bond donors (Lipinski definition) is 0. The van der Waals surface area contributed by atoms with Gasteiger partial charge in [-0.05, 0) is 32.1 Å². The van der Waals surface area contributed by atoms with Gasteiger partial charge in [0.2, 0.25) is 0 Å². The molecule has 1 aliphatic rings. The SMILES string of the molecule is CC/C=C/C=C1CCCCC1. The van der Waals surface area contributed by atoms with Gasteiger partial charge in [0.05, 0.1) is 0 Å². The van der Waals surface area contributed by atoms with Crippen molar-refractivity contribution in [2.75, 3.05) is 0 Å². The standard InChI is InChI=1S/C11H18/c1-2-3-5-8-11-9-6-4-7-10-11/h3,5,8H,2,4,6-7,9-10H2,1H3/b5-3+. The highest BCUT2D eigenvalue weighted by Gasteiger charge is 2.02. The Bertz CT molecular complexity index is 143. The molecule has 11 heavy (non-hydrogen) atoms. The molecule has 1 rings (SSSR count). The summed E-state index contributed by atoms with van der Waals surface area (Å²) in [6, 6.07) is 0. The van der Waals surface area contributed by atoms with Gasteiger partial charge in [-0.15, -0.1) is 0 Å². The van der Waals surface area contributed by atoms with Crippen molar-refractivity contribution in [1.29, 1.82) is 0 Å². The highest BCUT2D eigenvalue weighted by Crippen LogP contribution is 2.22. The fourth-order valence-electron chi connectivity index (χ4n) is 1.51. The Balaban J connectivity index is 2.31. The molecule has 0 radical (unpaired) electrons. The largest absolute Gasteiger partial charge is 0.0848 e. The zero-order chi connectivity index (χ0) is 7.94. The summed E-state index contributed by atoms with van der Waals surface area (Å²) in [6.45, 7) is 2.18. The highest BCUT2D eigenvalue weighted by molar-refractivity contribution is 5.13. The molecule has 0 heterocycles. The molecule has 0 heteroatoms. The second-order valence-electron chi connectivity index (χ2n) is 3.22. The van der Waals surface area contributed by atoms with E-state index < -0.39 is 0 Å². The van der Waals surface area contributed by atoms with Gasteiger partial charge in [0, 0.05) is 0 Å². The van der Waals surface area contributed by atoms with Crippen LogP contribution >= 0.6 is 0 Å². The van der Waals surface area contributed by atoms with E-state index in [0.29, 0.717) is 0 Å². The lowest BCUT2D eigenvalue weighted by atomic mass is 9.95. The second-order valence-corrected chi connectivity index (χ2v) is 3.22. The fourth-order valence-corrected chi connectivity index (χ4v) is 1.51. The van der Waals surface area contributed by atoms with Crippen LogP contribution in [0, 0.1) is 0 Å². The first kappa shape index (κ1) is 8.58. The third-order valence-corrected chi connectivity index (χ3v) is 2.20. The molecule has 0 aromatic rings. The maximum Gasteiger partial charge on any atom is -0.0317 e. The van der Waals surface area contributed by atoms with Gasteiger partial charge in [-0.3, -0.25) is 0 Å². The van der Waals surface area contributed by atoms with Gasteiger partial charge in [0.25, 0.3) is 0 Å². The molecule has 62 valence electrons. The van der Waals surface area contributed by atoms with Crippen LogP contribution in [0.25, 0.3) is 0 Å². The third kappa shape index (κ3) is 3.41. The monoisotopic (exact) mass is 150 g/mol. The maximum atomic E-state index is 2.31. The molecule has 1 fully saturated rings. The van der Waals surface area contributed by atoms with Crippen molar-refractivity contribution >= 4 is 0 Å². The van der Waals surface area contributed by atoms with Crippen molar-refractivity contribution in [2.45, 2.75) is 45.4 Å². The zero-order valence-corrected chi connectivity index (χ0v) is 7.47. The van der Waals surface area contributed by atoms with Crippen molar-refractivity contribution in [3.05, 3.63) is 23.8 Å². The number of allylic oxidation sites excluding steroid dienone is 4. The van der Waals surface area contributed by atoms with E-state index in [1.807, 2.05) is 0 Å². The molecule has 0 N–H and O–H groups in total. The first-order valence-electron chi connectivity index (χ1n) is 4.78. The van der Waals surface area contributed by atoms with Crippen molar-refractivity contribution < 1.29 is 0 Å². The summed E-state index contributed by atoms with van der Waals surface area (Å²) in [4.78, 5) is 0. The Morgan fingerprint density at radius 2 is 1.91 bits per heavy atom. The van der Waals surface area contributed by atoms with Gasteiger partial charge in [0.1, 0.15) is 0 Å². The summed E-state index contributed by atoms with van der Waals surface area (Å²) >= 11 is 0. The van der Waals surface area contributed by atoms with Gasteiger partial charge < -0.3 is 0 Å². The average Bonchev–Trinajstić information content (AvgIpc) is 2.07. The molecule has 0 atom stereocenters. The predicted octanol–water partition coefficient (Wildman–Crippen LogP) is 3.84. The van der Waals surface area contributed by atoms with Gasteiger partial charge in [-0.1, -0.05) is 37.1 Å². The molecule has 1 aliphatic carbocycles. The summed E-state index contributed by atoms with van der Waals surface area (Å²) in [5, 5.41) is 0.